The fourth-order valence-electron chi connectivity index (χ4n) is 3.90. The lowest BCUT2D eigenvalue weighted by molar-refractivity contribution is -0.117. The van der Waals surface area contributed by atoms with Crippen LogP contribution in [0.4, 0.5) is 5.69 Å². The number of thioether (sulfide) groups is 1. The maximum absolute atomic E-state index is 13.0. The Hall–Kier alpha value is -3.65. The molecule has 0 atom stereocenters. The second kappa shape index (κ2) is 9.46. The van der Waals surface area contributed by atoms with Crippen molar-refractivity contribution in [1.29, 1.82) is 0 Å². The summed E-state index contributed by atoms with van der Waals surface area (Å²) in [5.74, 6) is 0.711. The van der Waals surface area contributed by atoms with Gasteiger partial charge in [-0.05, 0) is 36.2 Å². The van der Waals surface area contributed by atoms with Gasteiger partial charge in [-0.25, -0.2) is 9.97 Å². The fourth-order valence-corrected chi connectivity index (χ4v) is 4.73. The molecule has 0 saturated carbocycles. The highest BCUT2D eigenvalue weighted by Gasteiger charge is 2.22. The Morgan fingerprint density at radius 2 is 1.85 bits per heavy atom. The molecule has 1 N–H and O–H groups in total. The Balaban J connectivity index is 1.30. The molecule has 0 bridgehead atoms. The van der Waals surface area contributed by atoms with Gasteiger partial charge in [-0.1, -0.05) is 42.1 Å². The van der Waals surface area contributed by atoms with E-state index in [2.05, 4.69) is 15.3 Å². The lowest BCUT2D eigenvalue weighted by Gasteiger charge is -2.16. The van der Waals surface area contributed by atoms with E-state index in [1.165, 1.54) is 11.8 Å². The lowest BCUT2D eigenvalue weighted by Crippen LogP contribution is -2.24. The molecular formula is C25H22N4O3S. The third kappa shape index (κ3) is 4.61. The van der Waals surface area contributed by atoms with Gasteiger partial charge in [-0.15, -0.1) is 0 Å². The second-order valence-electron chi connectivity index (χ2n) is 7.72. The zero-order valence-electron chi connectivity index (χ0n) is 17.9. The highest BCUT2D eigenvalue weighted by molar-refractivity contribution is 7.98. The van der Waals surface area contributed by atoms with E-state index in [0.717, 1.165) is 35.2 Å². The molecule has 2 aromatic heterocycles. The van der Waals surface area contributed by atoms with Gasteiger partial charge < -0.3 is 14.6 Å². The molecule has 0 spiro atoms. The largest absolute Gasteiger partial charge is 0.451 e. The van der Waals surface area contributed by atoms with E-state index in [9.17, 15) is 9.59 Å². The summed E-state index contributed by atoms with van der Waals surface area (Å²) in [5, 5.41) is 4.51. The van der Waals surface area contributed by atoms with Gasteiger partial charge in [0.1, 0.15) is 5.58 Å². The molecule has 0 radical (unpaired) electrons. The van der Waals surface area contributed by atoms with Gasteiger partial charge in [-0.3, -0.25) is 9.59 Å². The molecule has 1 aliphatic heterocycles. The fraction of sp³-hybridized carbons (Fsp3) is 0.200. The van der Waals surface area contributed by atoms with E-state index in [1.807, 2.05) is 48.5 Å². The normalized spacial score (nSPS) is 13.6. The smallest absolute Gasteiger partial charge is 0.287 e. The van der Waals surface area contributed by atoms with E-state index in [1.54, 1.807) is 23.4 Å². The van der Waals surface area contributed by atoms with Crippen LogP contribution in [0.3, 0.4) is 0 Å². The number of hydrogen-bond donors (Lipinski definition) is 1. The maximum atomic E-state index is 13.0. The quantitative estimate of drug-likeness (QED) is 0.322. The monoisotopic (exact) mass is 458 g/mol. The average Bonchev–Trinajstić information content (AvgIpc) is 3.45. The summed E-state index contributed by atoms with van der Waals surface area (Å²) >= 11 is 1.46. The van der Waals surface area contributed by atoms with Crippen LogP contribution >= 0.6 is 11.8 Å². The van der Waals surface area contributed by atoms with Gasteiger partial charge in [-0.2, -0.15) is 0 Å². The number of rotatable bonds is 7. The third-order valence-electron chi connectivity index (χ3n) is 5.57. The topological polar surface area (TPSA) is 88.3 Å². The lowest BCUT2D eigenvalue weighted by atomic mass is 10.1. The number of hydrogen-bond acceptors (Lipinski definition) is 6. The number of para-hydroxylation sites is 1. The zero-order chi connectivity index (χ0) is 22.6. The van der Waals surface area contributed by atoms with E-state index in [0.29, 0.717) is 35.2 Å². The minimum atomic E-state index is -0.269. The highest BCUT2D eigenvalue weighted by atomic mass is 32.2. The molecule has 8 heteroatoms. The summed E-state index contributed by atoms with van der Waals surface area (Å²) in [7, 11) is 0. The van der Waals surface area contributed by atoms with Gasteiger partial charge in [0.2, 0.25) is 5.91 Å². The Morgan fingerprint density at radius 1 is 1.06 bits per heavy atom. The minimum Gasteiger partial charge on any atom is -0.451 e. The first-order chi connectivity index (χ1) is 16.2. The predicted molar refractivity (Wildman–Crippen MR) is 127 cm³/mol. The van der Waals surface area contributed by atoms with Crippen LogP contribution in [0.15, 0.2) is 76.6 Å². The molecule has 1 saturated heterocycles. The van der Waals surface area contributed by atoms with Crippen LogP contribution in [-0.2, 0) is 17.1 Å². The molecule has 1 aliphatic rings. The molecule has 7 nitrogen and oxygen atoms in total. The third-order valence-corrected chi connectivity index (χ3v) is 6.47. The van der Waals surface area contributed by atoms with Gasteiger partial charge in [0.05, 0.1) is 0 Å². The van der Waals surface area contributed by atoms with Crippen LogP contribution in [0.25, 0.3) is 11.0 Å². The standard InChI is InChI=1S/C25H22N4O3S/c30-22-7-3-14-29(22)18-10-8-17(9-11-18)15-28-24(31)23-20(16-33-25-26-12-4-13-27-25)19-5-1-2-6-21(19)32-23/h1-2,4-6,8-13H,3,7,14-16H2,(H,28,31). The molecular weight excluding hydrogens is 436 g/mol. The van der Waals surface area contributed by atoms with Gasteiger partial charge in [0.15, 0.2) is 10.9 Å². The molecule has 2 aromatic carbocycles. The molecule has 0 aliphatic carbocycles. The first-order valence-corrected chi connectivity index (χ1v) is 11.8. The number of nitrogens with zero attached hydrogens (tertiary/aromatic N) is 3. The summed E-state index contributed by atoms with van der Waals surface area (Å²) in [6, 6.07) is 17.1. The number of aromatic nitrogens is 2. The molecule has 0 unspecified atom stereocenters. The number of anilines is 1. The Bertz CT molecular complexity index is 1290. The van der Waals surface area contributed by atoms with Crippen LogP contribution in [0.2, 0.25) is 0 Å². The van der Waals surface area contributed by atoms with Crippen LogP contribution in [0.5, 0.6) is 0 Å². The van der Waals surface area contributed by atoms with Crippen molar-refractivity contribution < 1.29 is 14.0 Å². The molecule has 1 fully saturated rings. The first-order valence-electron chi connectivity index (χ1n) is 10.8. The highest BCUT2D eigenvalue weighted by Crippen LogP contribution is 2.31. The number of nitrogens with one attached hydrogen (secondary N) is 1. The number of furan rings is 1. The number of carbonyl (C=O) groups excluding carboxylic acids is 2. The van der Waals surface area contributed by atoms with Crippen LogP contribution in [0, 0.1) is 0 Å². The van der Waals surface area contributed by atoms with Crippen molar-refractivity contribution in [1.82, 2.24) is 15.3 Å². The summed E-state index contributed by atoms with van der Waals surface area (Å²) in [6.07, 6.45) is 4.89. The van der Waals surface area contributed by atoms with E-state index < -0.39 is 0 Å². The number of carbonyl (C=O) groups is 2. The Kier molecular flexibility index (Phi) is 6.08. The van der Waals surface area contributed by atoms with Gasteiger partial charge in [0.25, 0.3) is 5.91 Å². The summed E-state index contributed by atoms with van der Waals surface area (Å²) in [5.41, 5.74) is 3.34. The summed E-state index contributed by atoms with van der Waals surface area (Å²) in [4.78, 5) is 35.3. The van der Waals surface area contributed by atoms with Crippen LogP contribution in [-0.4, -0.2) is 28.3 Å². The SMILES string of the molecule is O=C(NCc1ccc(N2CCCC2=O)cc1)c1oc2ccccc2c1CSc1ncccn1. The average molecular weight is 459 g/mol. The Morgan fingerprint density at radius 3 is 2.61 bits per heavy atom. The molecule has 166 valence electrons. The van der Waals surface area contributed by atoms with Crippen molar-refractivity contribution in [2.75, 3.05) is 11.4 Å². The number of benzene rings is 2. The van der Waals surface area contributed by atoms with Gasteiger partial charge in [0, 0.05) is 54.3 Å². The maximum Gasteiger partial charge on any atom is 0.287 e. The molecule has 3 heterocycles. The number of fused-ring (bicyclic) bond motifs is 1. The summed E-state index contributed by atoms with van der Waals surface area (Å²) in [6.45, 7) is 1.12. The number of amides is 2. The van der Waals surface area contributed by atoms with Crippen molar-refractivity contribution in [3.8, 4) is 0 Å². The van der Waals surface area contributed by atoms with Crippen molar-refractivity contribution in [3.63, 3.8) is 0 Å². The van der Waals surface area contributed by atoms with Crippen molar-refractivity contribution >= 4 is 40.2 Å². The predicted octanol–water partition coefficient (Wildman–Crippen LogP) is 4.57. The Labute approximate surface area is 195 Å². The van der Waals surface area contributed by atoms with Gasteiger partial charge >= 0.3 is 0 Å². The first kappa shape index (κ1) is 21.2. The van der Waals surface area contributed by atoms with Crippen LogP contribution in [0.1, 0.15) is 34.5 Å². The molecule has 2 amide bonds. The van der Waals surface area contributed by atoms with E-state index in [4.69, 9.17) is 4.42 Å². The van der Waals surface area contributed by atoms with Crippen LogP contribution < -0.4 is 10.2 Å². The zero-order valence-corrected chi connectivity index (χ0v) is 18.7. The molecule has 5 rings (SSSR count). The second-order valence-corrected chi connectivity index (χ2v) is 8.67. The molecule has 33 heavy (non-hydrogen) atoms. The van der Waals surface area contributed by atoms with E-state index in [-0.39, 0.29) is 11.8 Å². The van der Waals surface area contributed by atoms with E-state index >= 15 is 0 Å². The minimum absolute atomic E-state index is 0.159. The summed E-state index contributed by atoms with van der Waals surface area (Å²) < 4.78 is 5.93. The molecule has 4 aromatic rings. The van der Waals surface area contributed by atoms with Crippen molar-refractivity contribution in [2.45, 2.75) is 30.3 Å². The van der Waals surface area contributed by atoms with Crippen molar-refractivity contribution in [3.05, 3.63) is 83.9 Å². The van der Waals surface area contributed by atoms with Crippen molar-refractivity contribution in [2.24, 2.45) is 0 Å².